The Morgan fingerprint density at radius 1 is 1.47 bits per heavy atom. The van der Waals surface area contributed by atoms with Crippen LogP contribution < -0.4 is 15.4 Å². The first kappa shape index (κ1) is 13.5. The Kier molecular flexibility index (Phi) is 3.28. The molecule has 0 spiro atoms. The zero-order chi connectivity index (χ0) is 14.2. The average Bonchev–Trinajstić information content (AvgIpc) is 2.65. The van der Waals surface area contributed by atoms with Crippen LogP contribution in [0.3, 0.4) is 0 Å². The van der Waals surface area contributed by atoms with Gasteiger partial charge in [0.1, 0.15) is 10.7 Å². The molecule has 1 aromatic carbocycles. The molecule has 1 heterocycles. The van der Waals surface area contributed by atoms with Crippen LogP contribution in [0.4, 0.5) is 18.9 Å². The van der Waals surface area contributed by atoms with Gasteiger partial charge in [-0.15, -0.1) is 19.6 Å². The van der Waals surface area contributed by atoms with E-state index in [1.165, 1.54) is 28.8 Å². The van der Waals surface area contributed by atoms with E-state index in [1.54, 1.807) is 13.1 Å². The van der Waals surface area contributed by atoms with E-state index in [2.05, 4.69) is 10.7 Å². The number of ether oxygens (including phenoxy) is 1. The lowest BCUT2D eigenvalue weighted by atomic mass is 10.2. The highest BCUT2D eigenvalue weighted by Crippen LogP contribution is 2.50. The zero-order valence-electron chi connectivity index (χ0n) is 9.78. The van der Waals surface area contributed by atoms with Crippen molar-refractivity contribution in [3.05, 3.63) is 28.9 Å². The number of anilines is 1. The van der Waals surface area contributed by atoms with Crippen LogP contribution in [0.25, 0.3) is 0 Å². The number of thioether (sulfide) groups is 1. The number of terminal acetylenes is 1. The SMILES string of the molecule is C#C/C(N)=C1\Sc2cccc(OC(F)(F)F)c2N1C. The summed E-state index contributed by atoms with van der Waals surface area (Å²) in [6.07, 6.45) is 0.459. The Morgan fingerprint density at radius 2 is 2.16 bits per heavy atom. The predicted octanol–water partition coefficient (Wildman–Crippen LogP) is 2.89. The van der Waals surface area contributed by atoms with E-state index in [1.807, 2.05) is 0 Å². The van der Waals surface area contributed by atoms with Gasteiger partial charge in [0.05, 0.1) is 5.69 Å². The highest BCUT2D eigenvalue weighted by atomic mass is 32.2. The van der Waals surface area contributed by atoms with Crippen molar-refractivity contribution in [2.24, 2.45) is 5.73 Å². The van der Waals surface area contributed by atoms with Crippen molar-refractivity contribution in [1.82, 2.24) is 0 Å². The molecule has 7 heteroatoms. The standard InChI is InChI=1S/C12H9F3N2OS/c1-3-7(16)11-17(2)10-8(18-12(13,14)15)5-4-6-9(10)19-11/h1,4-6H,16H2,2H3/b11-7+. The number of fused-ring (bicyclic) bond motifs is 1. The Morgan fingerprint density at radius 3 is 2.74 bits per heavy atom. The number of allylic oxidation sites excluding steroid dienone is 1. The summed E-state index contributed by atoms with van der Waals surface area (Å²) in [5.74, 6) is 1.99. The normalized spacial score (nSPS) is 16.9. The number of nitrogens with two attached hydrogens (primary N) is 1. The smallest absolute Gasteiger partial charge is 0.404 e. The van der Waals surface area contributed by atoms with Crippen molar-refractivity contribution < 1.29 is 17.9 Å². The van der Waals surface area contributed by atoms with E-state index in [0.717, 1.165) is 0 Å². The summed E-state index contributed by atoms with van der Waals surface area (Å²) in [6, 6.07) is 4.41. The summed E-state index contributed by atoms with van der Waals surface area (Å²) in [4.78, 5) is 2.11. The molecular weight excluding hydrogens is 277 g/mol. The van der Waals surface area contributed by atoms with Gasteiger partial charge in [-0.1, -0.05) is 23.7 Å². The van der Waals surface area contributed by atoms with Crippen LogP contribution in [0.5, 0.6) is 5.75 Å². The fraction of sp³-hybridized carbons (Fsp3) is 0.167. The number of halogens is 3. The largest absolute Gasteiger partial charge is 0.573 e. The second-order valence-electron chi connectivity index (χ2n) is 3.67. The Labute approximate surface area is 112 Å². The van der Waals surface area contributed by atoms with Gasteiger partial charge in [0, 0.05) is 11.9 Å². The Balaban J connectivity index is 2.48. The van der Waals surface area contributed by atoms with Crippen LogP contribution in [-0.4, -0.2) is 13.4 Å². The van der Waals surface area contributed by atoms with Crippen molar-refractivity contribution in [3.8, 4) is 18.1 Å². The van der Waals surface area contributed by atoms with Gasteiger partial charge in [-0.2, -0.15) is 0 Å². The molecule has 0 saturated carbocycles. The van der Waals surface area contributed by atoms with E-state index in [9.17, 15) is 13.2 Å². The van der Waals surface area contributed by atoms with Crippen LogP contribution in [0.15, 0.2) is 33.8 Å². The van der Waals surface area contributed by atoms with E-state index in [-0.39, 0.29) is 11.4 Å². The molecular formula is C12H9F3N2OS. The number of hydrogen-bond donors (Lipinski definition) is 1. The quantitative estimate of drug-likeness (QED) is 0.806. The van der Waals surface area contributed by atoms with Crippen molar-refractivity contribution in [1.29, 1.82) is 0 Å². The van der Waals surface area contributed by atoms with Crippen LogP contribution in [0.1, 0.15) is 0 Å². The van der Waals surface area contributed by atoms with Crippen LogP contribution in [-0.2, 0) is 0 Å². The summed E-state index contributed by atoms with van der Waals surface area (Å²) >= 11 is 1.21. The van der Waals surface area contributed by atoms with Gasteiger partial charge in [0.2, 0.25) is 0 Å². The third-order valence-electron chi connectivity index (χ3n) is 2.42. The van der Waals surface area contributed by atoms with E-state index in [4.69, 9.17) is 12.2 Å². The predicted molar refractivity (Wildman–Crippen MR) is 67.4 cm³/mol. The van der Waals surface area contributed by atoms with E-state index < -0.39 is 6.36 Å². The van der Waals surface area contributed by atoms with Crippen LogP contribution >= 0.6 is 11.8 Å². The third kappa shape index (κ3) is 2.58. The summed E-state index contributed by atoms with van der Waals surface area (Å²) < 4.78 is 41.0. The molecule has 2 N–H and O–H groups in total. The number of alkyl halides is 3. The minimum atomic E-state index is -4.75. The van der Waals surface area contributed by atoms with Gasteiger partial charge in [-0.25, -0.2) is 0 Å². The molecule has 0 aromatic heterocycles. The fourth-order valence-electron chi connectivity index (χ4n) is 1.69. The van der Waals surface area contributed by atoms with Gasteiger partial charge >= 0.3 is 6.36 Å². The first-order chi connectivity index (χ1) is 8.83. The number of para-hydroxylation sites is 1. The van der Waals surface area contributed by atoms with E-state index in [0.29, 0.717) is 15.6 Å². The topological polar surface area (TPSA) is 38.5 Å². The lowest BCUT2D eigenvalue weighted by Crippen LogP contribution is -2.20. The highest BCUT2D eigenvalue weighted by Gasteiger charge is 2.35. The first-order valence-corrected chi connectivity index (χ1v) is 5.92. The van der Waals surface area contributed by atoms with Crippen molar-refractivity contribution in [2.75, 3.05) is 11.9 Å². The number of nitrogens with zero attached hydrogens (tertiary/aromatic N) is 1. The van der Waals surface area contributed by atoms with Gasteiger partial charge in [-0.3, -0.25) is 0 Å². The molecule has 1 aromatic rings. The minimum Gasteiger partial charge on any atom is -0.404 e. The van der Waals surface area contributed by atoms with E-state index >= 15 is 0 Å². The molecule has 19 heavy (non-hydrogen) atoms. The maximum absolute atomic E-state index is 12.3. The lowest BCUT2D eigenvalue weighted by molar-refractivity contribution is -0.274. The lowest BCUT2D eigenvalue weighted by Gasteiger charge is -2.18. The maximum atomic E-state index is 12.3. The second kappa shape index (κ2) is 4.63. The molecule has 0 radical (unpaired) electrons. The third-order valence-corrected chi connectivity index (χ3v) is 3.66. The molecule has 1 aliphatic heterocycles. The van der Waals surface area contributed by atoms with Gasteiger partial charge < -0.3 is 15.4 Å². The number of benzene rings is 1. The summed E-state index contributed by atoms with van der Waals surface area (Å²) in [5.41, 5.74) is 6.12. The highest BCUT2D eigenvalue weighted by molar-refractivity contribution is 8.03. The fourth-order valence-corrected chi connectivity index (χ4v) is 2.78. The molecule has 0 fully saturated rings. The van der Waals surface area contributed by atoms with Gasteiger partial charge in [-0.05, 0) is 12.1 Å². The molecule has 0 amide bonds. The summed E-state index contributed by atoms with van der Waals surface area (Å²) in [5, 5.41) is 0.510. The number of hydrogen-bond acceptors (Lipinski definition) is 4. The maximum Gasteiger partial charge on any atom is 0.573 e. The average molecular weight is 286 g/mol. The molecule has 3 nitrogen and oxygen atoms in total. The van der Waals surface area contributed by atoms with Crippen molar-refractivity contribution in [3.63, 3.8) is 0 Å². The molecule has 1 aliphatic rings. The van der Waals surface area contributed by atoms with Gasteiger partial charge in [0.15, 0.2) is 5.75 Å². The van der Waals surface area contributed by atoms with Crippen molar-refractivity contribution in [2.45, 2.75) is 11.3 Å². The molecule has 0 unspecified atom stereocenters. The van der Waals surface area contributed by atoms with Crippen LogP contribution in [0, 0.1) is 12.3 Å². The number of rotatable bonds is 1. The van der Waals surface area contributed by atoms with Gasteiger partial charge in [0.25, 0.3) is 0 Å². The minimum absolute atomic E-state index is 0.168. The van der Waals surface area contributed by atoms with Crippen molar-refractivity contribution >= 4 is 17.4 Å². The molecule has 100 valence electrons. The summed E-state index contributed by atoms with van der Waals surface area (Å²) in [6.45, 7) is 0. The zero-order valence-corrected chi connectivity index (χ0v) is 10.6. The molecule has 0 saturated heterocycles. The molecule has 0 bridgehead atoms. The Hall–Kier alpha value is -1.94. The summed E-state index contributed by atoms with van der Waals surface area (Å²) in [7, 11) is 1.58. The molecule has 2 rings (SSSR count). The molecule has 0 aliphatic carbocycles. The second-order valence-corrected chi connectivity index (χ2v) is 4.71. The first-order valence-electron chi connectivity index (χ1n) is 5.10. The Bertz CT molecular complexity index is 590. The monoisotopic (exact) mass is 286 g/mol. The van der Waals surface area contributed by atoms with Crippen LogP contribution in [0.2, 0.25) is 0 Å². The molecule has 0 atom stereocenters.